The molecule has 2 N–H and O–H groups in total. The van der Waals surface area contributed by atoms with Crippen LogP contribution < -0.4 is 5.32 Å². The molecule has 8 heteroatoms. The van der Waals surface area contributed by atoms with Crippen molar-refractivity contribution in [2.75, 3.05) is 5.32 Å². The molecule has 0 unspecified atom stereocenters. The van der Waals surface area contributed by atoms with Crippen LogP contribution in [0, 0.1) is 10.1 Å². The van der Waals surface area contributed by atoms with Crippen molar-refractivity contribution in [3.63, 3.8) is 0 Å². The van der Waals surface area contributed by atoms with Crippen LogP contribution in [-0.2, 0) is 11.3 Å². The van der Waals surface area contributed by atoms with Gasteiger partial charge in [-0.2, -0.15) is 0 Å². The quantitative estimate of drug-likeness (QED) is 0.642. The molecule has 0 aliphatic carbocycles. The maximum atomic E-state index is 11.8. The Balaban J connectivity index is 2.03. The Morgan fingerprint density at radius 3 is 2.48 bits per heavy atom. The molecule has 108 valence electrons. The van der Waals surface area contributed by atoms with Crippen LogP contribution in [0.25, 0.3) is 0 Å². The van der Waals surface area contributed by atoms with E-state index in [-0.39, 0.29) is 17.9 Å². The minimum absolute atomic E-state index is 0.00819. The lowest BCUT2D eigenvalue weighted by molar-refractivity contribution is -0.384. The number of carbonyl (C=O) groups is 2. The molecule has 1 aromatic heterocycles. The zero-order chi connectivity index (χ0) is 15.4. The second-order valence-corrected chi connectivity index (χ2v) is 4.18. The average Bonchev–Trinajstić information content (AvgIpc) is 2.87. The van der Waals surface area contributed by atoms with Gasteiger partial charge < -0.3 is 15.0 Å². The number of non-ortho nitro benzene ring substituents is 1. The number of rotatable bonds is 5. The van der Waals surface area contributed by atoms with Crippen LogP contribution in [0.2, 0.25) is 0 Å². The van der Waals surface area contributed by atoms with Gasteiger partial charge in [0.2, 0.25) is 5.91 Å². The molecule has 0 saturated carbocycles. The molecule has 0 radical (unpaired) electrons. The van der Waals surface area contributed by atoms with Crippen LogP contribution in [0.3, 0.4) is 0 Å². The van der Waals surface area contributed by atoms with E-state index in [1.54, 1.807) is 0 Å². The Hall–Kier alpha value is -3.16. The Kier molecular flexibility index (Phi) is 3.98. The molecule has 8 nitrogen and oxygen atoms in total. The minimum atomic E-state index is -1.12. The number of aromatic carboxylic acids is 1. The number of anilines is 1. The molecule has 0 spiro atoms. The van der Waals surface area contributed by atoms with Gasteiger partial charge in [0.15, 0.2) is 0 Å². The number of hydrogen-bond acceptors (Lipinski definition) is 4. The monoisotopic (exact) mass is 289 g/mol. The van der Waals surface area contributed by atoms with Crippen LogP contribution >= 0.6 is 0 Å². The fraction of sp³-hybridized carbons (Fsp3) is 0.0769. The maximum Gasteiger partial charge on any atom is 0.352 e. The minimum Gasteiger partial charge on any atom is -0.477 e. The maximum absolute atomic E-state index is 11.8. The van der Waals surface area contributed by atoms with Crippen molar-refractivity contribution < 1.29 is 19.6 Å². The summed E-state index contributed by atoms with van der Waals surface area (Å²) in [5.41, 5.74) is 0.329. The highest BCUT2D eigenvalue weighted by atomic mass is 16.6. The molecule has 0 atom stereocenters. The zero-order valence-electron chi connectivity index (χ0n) is 10.7. The van der Waals surface area contributed by atoms with Crippen molar-refractivity contribution in [1.82, 2.24) is 4.57 Å². The number of carbonyl (C=O) groups excluding carboxylic acids is 1. The van der Waals surface area contributed by atoms with Gasteiger partial charge in [0, 0.05) is 24.0 Å². The summed E-state index contributed by atoms with van der Waals surface area (Å²) >= 11 is 0. The van der Waals surface area contributed by atoms with Crippen LogP contribution in [-0.4, -0.2) is 26.5 Å². The SMILES string of the molecule is O=C(Cn1cccc1C(=O)O)Nc1ccc([N+](=O)[O-])cc1. The van der Waals surface area contributed by atoms with Crippen molar-refractivity contribution in [2.45, 2.75) is 6.54 Å². The third-order valence-electron chi connectivity index (χ3n) is 2.72. The van der Waals surface area contributed by atoms with E-state index in [9.17, 15) is 19.7 Å². The highest BCUT2D eigenvalue weighted by Gasteiger charge is 2.12. The van der Waals surface area contributed by atoms with E-state index in [0.29, 0.717) is 5.69 Å². The van der Waals surface area contributed by atoms with Gasteiger partial charge in [0.25, 0.3) is 5.69 Å². The predicted molar refractivity (Wildman–Crippen MR) is 73.1 cm³/mol. The summed E-state index contributed by atoms with van der Waals surface area (Å²) in [7, 11) is 0. The number of carboxylic acid groups (broad SMARTS) is 1. The lowest BCUT2D eigenvalue weighted by atomic mass is 10.3. The van der Waals surface area contributed by atoms with Gasteiger partial charge in [-0.1, -0.05) is 0 Å². The Labute approximate surface area is 118 Å². The normalized spacial score (nSPS) is 10.1. The molecule has 2 rings (SSSR count). The first kappa shape index (κ1) is 14.3. The Morgan fingerprint density at radius 1 is 1.24 bits per heavy atom. The Bertz CT molecular complexity index is 690. The molecule has 1 heterocycles. The first-order valence-electron chi connectivity index (χ1n) is 5.90. The van der Waals surface area contributed by atoms with Crippen molar-refractivity contribution in [3.05, 3.63) is 58.4 Å². The van der Waals surface area contributed by atoms with Crippen LogP contribution in [0.4, 0.5) is 11.4 Å². The number of nitro benzene ring substituents is 1. The van der Waals surface area contributed by atoms with Gasteiger partial charge in [-0.3, -0.25) is 14.9 Å². The topological polar surface area (TPSA) is 114 Å². The second-order valence-electron chi connectivity index (χ2n) is 4.18. The summed E-state index contributed by atoms with van der Waals surface area (Å²) in [6, 6.07) is 8.28. The van der Waals surface area contributed by atoms with Gasteiger partial charge in [0.05, 0.1) is 4.92 Å². The van der Waals surface area contributed by atoms with Gasteiger partial charge in [0.1, 0.15) is 12.2 Å². The number of aromatic nitrogens is 1. The van der Waals surface area contributed by atoms with E-state index < -0.39 is 16.8 Å². The van der Waals surface area contributed by atoms with E-state index in [0.717, 1.165) is 0 Å². The van der Waals surface area contributed by atoms with Crippen molar-refractivity contribution in [3.8, 4) is 0 Å². The number of carboxylic acids is 1. The molecule has 0 saturated heterocycles. The molecule has 0 fully saturated rings. The number of nitro groups is 1. The molecule has 0 aliphatic heterocycles. The molecule has 1 aromatic carbocycles. The fourth-order valence-electron chi connectivity index (χ4n) is 1.77. The first-order chi connectivity index (χ1) is 9.97. The largest absolute Gasteiger partial charge is 0.477 e. The summed E-state index contributed by atoms with van der Waals surface area (Å²) in [5.74, 6) is -1.55. The smallest absolute Gasteiger partial charge is 0.352 e. The number of nitrogens with zero attached hydrogens (tertiary/aromatic N) is 2. The highest BCUT2D eigenvalue weighted by Crippen LogP contribution is 2.15. The third kappa shape index (κ3) is 3.44. The van der Waals surface area contributed by atoms with E-state index >= 15 is 0 Å². The lowest BCUT2D eigenvalue weighted by Gasteiger charge is -2.07. The fourth-order valence-corrected chi connectivity index (χ4v) is 1.77. The van der Waals surface area contributed by atoms with Crippen LogP contribution in [0.5, 0.6) is 0 Å². The van der Waals surface area contributed by atoms with Gasteiger partial charge in [-0.05, 0) is 24.3 Å². The molecular formula is C13H11N3O5. The summed E-state index contributed by atoms with van der Waals surface area (Å²) in [4.78, 5) is 32.7. The molecular weight excluding hydrogens is 278 g/mol. The first-order valence-corrected chi connectivity index (χ1v) is 5.90. The summed E-state index contributed by atoms with van der Waals surface area (Å²) < 4.78 is 1.29. The number of amides is 1. The summed E-state index contributed by atoms with van der Waals surface area (Å²) in [5, 5.41) is 22.0. The Morgan fingerprint density at radius 2 is 1.90 bits per heavy atom. The molecule has 0 bridgehead atoms. The molecule has 1 amide bonds. The highest BCUT2D eigenvalue weighted by molar-refractivity contribution is 5.92. The van der Waals surface area contributed by atoms with Crippen molar-refractivity contribution in [2.24, 2.45) is 0 Å². The third-order valence-corrected chi connectivity index (χ3v) is 2.72. The summed E-state index contributed by atoms with van der Waals surface area (Å²) in [6.45, 7) is -0.161. The number of nitrogens with one attached hydrogen (secondary N) is 1. The van der Waals surface area contributed by atoms with E-state index in [1.165, 1.54) is 47.2 Å². The predicted octanol–water partition coefficient (Wildman–Crippen LogP) is 1.73. The van der Waals surface area contributed by atoms with Crippen molar-refractivity contribution >= 4 is 23.3 Å². The van der Waals surface area contributed by atoms with E-state index in [2.05, 4.69) is 5.32 Å². The standard InChI is InChI=1S/C13H11N3O5/c17-12(8-15-7-1-2-11(15)13(18)19)14-9-3-5-10(6-4-9)16(20)21/h1-7H,8H2,(H,14,17)(H,18,19). The van der Waals surface area contributed by atoms with Crippen molar-refractivity contribution in [1.29, 1.82) is 0 Å². The molecule has 2 aromatic rings. The molecule has 21 heavy (non-hydrogen) atoms. The summed E-state index contributed by atoms with van der Waals surface area (Å²) in [6.07, 6.45) is 1.48. The van der Waals surface area contributed by atoms with E-state index in [1.807, 2.05) is 0 Å². The van der Waals surface area contributed by atoms with E-state index in [4.69, 9.17) is 5.11 Å². The van der Waals surface area contributed by atoms with Crippen LogP contribution in [0.15, 0.2) is 42.6 Å². The molecule has 0 aliphatic rings. The lowest BCUT2D eigenvalue weighted by Crippen LogP contribution is -2.20. The van der Waals surface area contributed by atoms with Gasteiger partial charge in [-0.15, -0.1) is 0 Å². The van der Waals surface area contributed by atoms with Gasteiger partial charge >= 0.3 is 5.97 Å². The second kappa shape index (κ2) is 5.87. The zero-order valence-corrected chi connectivity index (χ0v) is 10.7. The van der Waals surface area contributed by atoms with Gasteiger partial charge in [-0.25, -0.2) is 4.79 Å². The number of hydrogen-bond donors (Lipinski definition) is 2. The number of benzene rings is 1. The average molecular weight is 289 g/mol. The van der Waals surface area contributed by atoms with Crippen LogP contribution in [0.1, 0.15) is 10.5 Å².